The monoisotopic (exact) mass is 657 g/mol. The molecule has 10 nitrogen and oxygen atoms in total. The number of hydrogen-bond donors (Lipinski definition) is 1. The first-order valence-electron chi connectivity index (χ1n) is 15.1. The standard InChI is InChI=1S/C34H33Cl2N7O3/c1-2-42-22-38-17-27(42)18-43-30-14-24(33(44)45)3-5-29(30)40-32(43)19-41-11-8-34(21-37,9-12-41)16-23-7-10-39-26(13-23)20-46-31-6-4-25(35)15-28(31)36/h3-7,10,13-15,17,22H,2,8-9,11-12,16,18-20H2,1H3,(H,44,45). The number of pyridine rings is 1. The molecule has 0 amide bonds. The zero-order valence-electron chi connectivity index (χ0n) is 25.4. The molecule has 3 aromatic heterocycles. The third-order valence-electron chi connectivity index (χ3n) is 8.64. The first kappa shape index (κ1) is 31.5. The molecule has 0 bridgehead atoms. The molecule has 2 aromatic carbocycles. The van der Waals surface area contributed by atoms with Crippen molar-refractivity contribution in [3.8, 4) is 11.8 Å². The maximum atomic E-state index is 11.8. The molecule has 1 saturated heterocycles. The lowest BCUT2D eigenvalue weighted by molar-refractivity contribution is 0.0697. The molecular formula is C34H33Cl2N7O3. The van der Waals surface area contributed by atoms with Gasteiger partial charge in [0.1, 0.15) is 18.2 Å². The number of aromatic carboxylic acids is 1. The lowest BCUT2D eigenvalue weighted by Gasteiger charge is -2.37. The van der Waals surface area contributed by atoms with Crippen LogP contribution in [0.3, 0.4) is 0 Å². The summed E-state index contributed by atoms with van der Waals surface area (Å²) in [5, 5.41) is 21.0. The number of aryl methyl sites for hydroxylation is 1. The first-order chi connectivity index (χ1) is 22.3. The van der Waals surface area contributed by atoms with Gasteiger partial charge in [-0.25, -0.2) is 14.8 Å². The molecule has 0 radical (unpaired) electrons. The molecule has 1 aliphatic rings. The van der Waals surface area contributed by atoms with Crippen molar-refractivity contribution in [3.63, 3.8) is 0 Å². The fraction of sp³-hybridized carbons (Fsp3) is 0.324. The van der Waals surface area contributed by atoms with Crippen LogP contribution in [0.1, 0.15) is 52.9 Å². The number of ether oxygens (including phenoxy) is 1. The van der Waals surface area contributed by atoms with Crippen LogP contribution in [0.4, 0.5) is 0 Å². The molecule has 46 heavy (non-hydrogen) atoms. The molecule has 0 unspecified atom stereocenters. The van der Waals surface area contributed by atoms with Gasteiger partial charge in [0.25, 0.3) is 0 Å². The van der Waals surface area contributed by atoms with Crippen molar-refractivity contribution in [1.82, 2.24) is 29.0 Å². The van der Waals surface area contributed by atoms with Gasteiger partial charge in [-0.1, -0.05) is 23.2 Å². The third kappa shape index (κ3) is 6.87. The molecule has 12 heteroatoms. The van der Waals surface area contributed by atoms with E-state index in [1.165, 1.54) is 0 Å². The molecule has 0 aliphatic carbocycles. The zero-order valence-corrected chi connectivity index (χ0v) is 26.9. The van der Waals surface area contributed by atoms with Gasteiger partial charge in [0.15, 0.2) is 0 Å². The lowest BCUT2D eigenvalue weighted by atomic mass is 9.75. The second kappa shape index (κ2) is 13.5. The SMILES string of the molecule is CCn1cncc1Cn1c(CN2CCC(C#N)(Cc3ccnc(COc4ccc(Cl)cc4Cl)c3)CC2)nc2ccc(C(=O)O)cc21. The number of likely N-dealkylation sites (tertiary alicyclic amines) is 1. The fourth-order valence-electron chi connectivity index (χ4n) is 6.05. The summed E-state index contributed by atoms with van der Waals surface area (Å²) in [6.45, 7) is 5.67. The Morgan fingerprint density at radius 3 is 2.67 bits per heavy atom. The lowest BCUT2D eigenvalue weighted by Crippen LogP contribution is -2.40. The summed E-state index contributed by atoms with van der Waals surface area (Å²) in [7, 11) is 0. The van der Waals surface area contributed by atoms with Gasteiger partial charge in [0.2, 0.25) is 0 Å². The summed E-state index contributed by atoms with van der Waals surface area (Å²) < 4.78 is 10.0. The average molecular weight is 659 g/mol. The van der Waals surface area contributed by atoms with Crippen LogP contribution in [-0.4, -0.2) is 53.2 Å². The van der Waals surface area contributed by atoms with Crippen LogP contribution in [0.25, 0.3) is 11.0 Å². The summed E-state index contributed by atoms with van der Waals surface area (Å²) in [4.78, 5) is 27.8. The Hall–Kier alpha value is -4.43. The molecule has 0 spiro atoms. The number of fused-ring (bicyclic) bond motifs is 1. The van der Waals surface area contributed by atoms with E-state index in [0.29, 0.717) is 48.1 Å². The van der Waals surface area contributed by atoms with Gasteiger partial charge in [-0.3, -0.25) is 9.88 Å². The highest BCUT2D eigenvalue weighted by Gasteiger charge is 2.35. The summed E-state index contributed by atoms with van der Waals surface area (Å²) in [5.74, 6) is 0.412. The van der Waals surface area contributed by atoms with Crippen molar-refractivity contribution in [3.05, 3.63) is 106 Å². The summed E-state index contributed by atoms with van der Waals surface area (Å²) in [5.41, 5.74) is 4.06. The Morgan fingerprint density at radius 2 is 1.93 bits per heavy atom. The zero-order chi connectivity index (χ0) is 32.3. The second-order valence-electron chi connectivity index (χ2n) is 11.7. The van der Waals surface area contributed by atoms with Crippen LogP contribution in [0.5, 0.6) is 5.75 Å². The van der Waals surface area contributed by atoms with Gasteiger partial charge < -0.3 is 19.0 Å². The Labute approximate surface area is 276 Å². The Morgan fingerprint density at radius 1 is 1.11 bits per heavy atom. The van der Waals surface area contributed by atoms with E-state index in [2.05, 4.69) is 37.0 Å². The number of carbonyl (C=O) groups is 1. The highest BCUT2D eigenvalue weighted by Crippen LogP contribution is 2.36. The van der Waals surface area contributed by atoms with E-state index in [4.69, 9.17) is 32.9 Å². The predicted molar refractivity (Wildman–Crippen MR) is 175 cm³/mol. The van der Waals surface area contributed by atoms with Gasteiger partial charge in [-0.05, 0) is 80.3 Å². The Balaban J connectivity index is 1.15. The van der Waals surface area contributed by atoms with E-state index >= 15 is 0 Å². The van der Waals surface area contributed by atoms with Crippen LogP contribution in [-0.2, 0) is 32.7 Å². The highest BCUT2D eigenvalue weighted by atomic mass is 35.5. The van der Waals surface area contributed by atoms with Crippen LogP contribution < -0.4 is 4.74 Å². The number of halogens is 2. The first-order valence-corrected chi connectivity index (χ1v) is 15.9. The van der Waals surface area contributed by atoms with E-state index in [9.17, 15) is 15.2 Å². The fourth-order valence-corrected chi connectivity index (χ4v) is 6.51. The van der Waals surface area contributed by atoms with Crippen molar-refractivity contribution in [1.29, 1.82) is 5.26 Å². The van der Waals surface area contributed by atoms with Crippen molar-refractivity contribution in [2.24, 2.45) is 5.41 Å². The highest BCUT2D eigenvalue weighted by molar-refractivity contribution is 6.35. The molecular weight excluding hydrogens is 625 g/mol. The largest absolute Gasteiger partial charge is 0.486 e. The normalized spacial score (nSPS) is 14.7. The maximum absolute atomic E-state index is 11.8. The number of hydrogen-bond acceptors (Lipinski definition) is 7. The van der Waals surface area contributed by atoms with Gasteiger partial charge in [0, 0.05) is 37.1 Å². The molecule has 0 atom stereocenters. The Kier molecular flexibility index (Phi) is 9.27. The molecule has 236 valence electrons. The second-order valence-corrected chi connectivity index (χ2v) is 12.5. The number of nitrogens with zero attached hydrogens (tertiary/aromatic N) is 7. The quantitative estimate of drug-likeness (QED) is 0.168. The summed E-state index contributed by atoms with van der Waals surface area (Å²) >= 11 is 12.2. The number of imidazole rings is 2. The number of rotatable bonds is 11. The van der Waals surface area contributed by atoms with Crippen molar-refractivity contribution >= 4 is 40.2 Å². The number of nitriles is 1. The molecule has 1 fully saturated rings. The van der Waals surface area contributed by atoms with E-state index in [1.807, 2.05) is 18.3 Å². The average Bonchev–Trinajstić information content (AvgIpc) is 3.65. The van der Waals surface area contributed by atoms with Crippen LogP contribution in [0, 0.1) is 16.7 Å². The molecule has 4 heterocycles. The van der Waals surface area contributed by atoms with Crippen molar-refractivity contribution < 1.29 is 14.6 Å². The van der Waals surface area contributed by atoms with Gasteiger partial charge in [-0.2, -0.15) is 5.26 Å². The summed E-state index contributed by atoms with van der Waals surface area (Å²) in [6.07, 6.45) is 7.44. The number of aromatic nitrogens is 5. The molecule has 5 aromatic rings. The van der Waals surface area contributed by atoms with Crippen molar-refractivity contribution in [2.75, 3.05) is 13.1 Å². The minimum absolute atomic E-state index is 0.223. The van der Waals surface area contributed by atoms with Crippen LogP contribution in [0.15, 0.2) is 67.3 Å². The Bertz CT molecular complexity index is 1920. The van der Waals surface area contributed by atoms with E-state index < -0.39 is 11.4 Å². The van der Waals surface area contributed by atoms with Crippen LogP contribution >= 0.6 is 23.2 Å². The third-order valence-corrected chi connectivity index (χ3v) is 9.17. The number of carboxylic acids is 1. The molecule has 1 aliphatic heterocycles. The van der Waals surface area contributed by atoms with Gasteiger partial charge in [-0.15, -0.1) is 0 Å². The summed E-state index contributed by atoms with van der Waals surface area (Å²) in [6, 6.07) is 16.7. The van der Waals surface area contributed by atoms with Gasteiger partial charge >= 0.3 is 5.97 Å². The van der Waals surface area contributed by atoms with E-state index in [1.54, 1.807) is 48.9 Å². The molecule has 0 saturated carbocycles. The number of carboxylic acid groups (broad SMARTS) is 1. The van der Waals surface area contributed by atoms with Crippen LogP contribution in [0.2, 0.25) is 10.0 Å². The minimum atomic E-state index is -0.974. The van der Waals surface area contributed by atoms with E-state index in [0.717, 1.165) is 53.4 Å². The minimum Gasteiger partial charge on any atom is -0.486 e. The van der Waals surface area contributed by atoms with Crippen molar-refractivity contribution in [2.45, 2.75) is 52.4 Å². The molecule has 1 N–H and O–H groups in total. The molecule has 6 rings (SSSR count). The number of piperidine rings is 1. The van der Waals surface area contributed by atoms with E-state index in [-0.39, 0.29) is 12.2 Å². The predicted octanol–water partition coefficient (Wildman–Crippen LogP) is 6.63. The smallest absolute Gasteiger partial charge is 0.335 e. The number of benzene rings is 2. The topological polar surface area (TPSA) is 122 Å². The van der Waals surface area contributed by atoms with Gasteiger partial charge in [0.05, 0.1) is 63.9 Å². The maximum Gasteiger partial charge on any atom is 0.335 e.